The average Bonchev–Trinajstić information content (AvgIpc) is 3.00. The van der Waals surface area contributed by atoms with Crippen LogP contribution in [-0.4, -0.2) is 49.7 Å². The number of fused-ring (bicyclic) bond motifs is 5. The summed E-state index contributed by atoms with van der Waals surface area (Å²) < 4.78 is 25.9. The number of hydrogen-bond donors (Lipinski definition) is 1. The molecule has 1 unspecified atom stereocenters. The number of hydrogen-bond acceptors (Lipinski definition) is 5. The van der Waals surface area contributed by atoms with Crippen molar-refractivity contribution < 1.29 is 24.1 Å². The van der Waals surface area contributed by atoms with Crippen LogP contribution in [0.3, 0.4) is 0 Å². The first kappa shape index (κ1) is 20.4. The standard InChI is InChI=1S/C25H40O5/c1-22-8-4-3-5-19(22)17(7-10-26)15-18-20(22)6-9-23(2)21(18)16-24-25(23,29-13-11-27-24)30-14-12-28-24/h17-21,26H,3-16H2,1-2H3/t17-,18+,19?,20-,21-,22-,23-,24?,25?/m0/s1. The molecule has 0 radical (unpaired) electrons. The van der Waals surface area contributed by atoms with Crippen molar-refractivity contribution in [2.24, 2.45) is 40.4 Å². The smallest absolute Gasteiger partial charge is 0.229 e. The SMILES string of the molecule is C[C@]12CCCCC1[C@@H](CCO)C[C@@H]1[C@@H]2CC[C@@]2(C)[C@H]1CC13OCCOC12OCCO3. The van der Waals surface area contributed by atoms with Gasteiger partial charge in [-0.3, -0.25) is 0 Å². The fourth-order valence-corrected chi connectivity index (χ4v) is 9.74. The van der Waals surface area contributed by atoms with E-state index >= 15 is 0 Å². The Morgan fingerprint density at radius 2 is 1.57 bits per heavy atom. The molecule has 0 aromatic carbocycles. The van der Waals surface area contributed by atoms with Gasteiger partial charge in [-0.1, -0.05) is 26.7 Å². The van der Waals surface area contributed by atoms with Gasteiger partial charge in [-0.25, -0.2) is 0 Å². The van der Waals surface area contributed by atoms with E-state index in [0.717, 1.165) is 31.1 Å². The fourth-order valence-electron chi connectivity index (χ4n) is 9.74. The summed E-state index contributed by atoms with van der Waals surface area (Å²) in [6.45, 7) is 7.71. The topological polar surface area (TPSA) is 57.2 Å². The Morgan fingerprint density at radius 3 is 2.30 bits per heavy atom. The average molecular weight is 421 g/mol. The Bertz CT molecular complexity index is 668. The van der Waals surface area contributed by atoms with E-state index in [-0.39, 0.29) is 5.41 Å². The Kier molecular flexibility index (Phi) is 4.69. The van der Waals surface area contributed by atoms with Gasteiger partial charge in [0, 0.05) is 18.4 Å². The quantitative estimate of drug-likeness (QED) is 0.728. The molecule has 2 aliphatic heterocycles. The minimum atomic E-state index is -0.747. The second-order valence-electron chi connectivity index (χ2n) is 11.7. The predicted octanol–water partition coefficient (Wildman–Crippen LogP) is 4.12. The van der Waals surface area contributed by atoms with Crippen LogP contribution in [0.4, 0.5) is 0 Å². The summed E-state index contributed by atoms with van der Waals surface area (Å²) in [5.41, 5.74) is 0.344. The molecule has 30 heavy (non-hydrogen) atoms. The van der Waals surface area contributed by atoms with Crippen LogP contribution < -0.4 is 0 Å². The third-order valence-corrected chi connectivity index (χ3v) is 10.8. The zero-order chi connectivity index (χ0) is 20.6. The molecule has 4 saturated carbocycles. The molecule has 0 aromatic rings. The third kappa shape index (κ3) is 2.37. The maximum absolute atomic E-state index is 9.88. The lowest BCUT2D eigenvalue weighted by molar-refractivity contribution is -0.474. The van der Waals surface area contributed by atoms with Gasteiger partial charge in [0.1, 0.15) is 0 Å². The summed E-state index contributed by atoms with van der Waals surface area (Å²) in [5, 5.41) is 9.88. The van der Waals surface area contributed by atoms with Gasteiger partial charge in [0.25, 0.3) is 0 Å². The van der Waals surface area contributed by atoms with Gasteiger partial charge in [0.2, 0.25) is 11.6 Å². The molecule has 0 aromatic heterocycles. The van der Waals surface area contributed by atoms with Crippen molar-refractivity contribution >= 4 is 0 Å². The monoisotopic (exact) mass is 420 g/mol. The van der Waals surface area contributed by atoms with Crippen LogP contribution in [0.1, 0.15) is 71.6 Å². The second kappa shape index (κ2) is 6.90. The van der Waals surface area contributed by atoms with E-state index in [9.17, 15) is 5.11 Å². The van der Waals surface area contributed by atoms with Crippen molar-refractivity contribution in [2.45, 2.75) is 83.2 Å². The van der Waals surface area contributed by atoms with Crippen LogP contribution in [0.25, 0.3) is 0 Å². The largest absolute Gasteiger partial charge is 0.396 e. The van der Waals surface area contributed by atoms with E-state index in [1.807, 2.05) is 0 Å². The van der Waals surface area contributed by atoms with E-state index in [4.69, 9.17) is 18.9 Å². The summed E-state index contributed by atoms with van der Waals surface area (Å²) in [7, 11) is 0. The Balaban J connectivity index is 1.41. The van der Waals surface area contributed by atoms with Crippen molar-refractivity contribution in [1.82, 2.24) is 0 Å². The van der Waals surface area contributed by atoms with E-state index < -0.39 is 11.6 Å². The molecule has 6 aliphatic rings. The zero-order valence-corrected chi connectivity index (χ0v) is 18.9. The maximum atomic E-state index is 9.88. The van der Waals surface area contributed by atoms with E-state index in [1.165, 1.54) is 38.5 Å². The molecule has 5 nitrogen and oxygen atoms in total. The molecular weight excluding hydrogens is 380 g/mol. The van der Waals surface area contributed by atoms with Crippen LogP contribution in [-0.2, 0) is 18.9 Å². The van der Waals surface area contributed by atoms with Crippen LogP contribution in [0.2, 0.25) is 0 Å². The molecule has 6 fully saturated rings. The number of aliphatic hydroxyl groups is 1. The summed E-state index contributed by atoms with van der Waals surface area (Å²) in [6, 6.07) is 0. The van der Waals surface area contributed by atoms with Crippen molar-refractivity contribution in [3.8, 4) is 0 Å². The summed E-state index contributed by atoms with van der Waals surface area (Å²) >= 11 is 0. The highest BCUT2D eigenvalue weighted by atomic mass is 16.8. The predicted molar refractivity (Wildman–Crippen MR) is 112 cm³/mol. The van der Waals surface area contributed by atoms with Crippen LogP contribution in [0, 0.1) is 40.4 Å². The molecule has 1 N–H and O–H groups in total. The van der Waals surface area contributed by atoms with Gasteiger partial charge in [-0.15, -0.1) is 0 Å². The van der Waals surface area contributed by atoms with E-state index in [0.29, 0.717) is 56.2 Å². The molecule has 0 amide bonds. The van der Waals surface area contributed by atoms with E-state index in [1.54, 1.807) is 0 Å². The minimum Gasteiger partial charge on any atom is -0.396 e. The molecule has 7 atom stereocenters. The van der Waals surface area contributed by atoms with Crippen molar-refractivity contribution in [1.29, 1.82) is 0 Å². The normalized spacial score (nSPS) is 57.5. The Morgan fingerprint density at radius 1 is 0.833 bits per heavy atom. The van der Waals surface area contributed by atoms with Gasteiger partial charge >= 0.3 is 0 Å². The Hall–Kier alpha value is -0.200. The first-order valence-corrected chi connectivity index (χ1v) is 12.7. The highest BCUT2D eigenvalue weighted by Crippen LogP contribution is 2.73. The minimum absolute atomic E-state index is 0.0728. The molecule has 2 saturated heterocycles. The molecule has 6 rings (SSSR count). The number of rotatable bonds is 2. The van der Waals surface area contributed by atoms with Crippen LogP contribution in [0.15, 0.2) is 0 Å². The molecule has 5 heteroatoms. The highest BCUT2D eigenvalue weighted by Gasteiger charge is 2.79. The first-order chi connectivity index (χ1) is 14.5. The summed E-state index contributed by atoms with van der Waals surface area (Å²) in [6.07, 6.45) is 11.0. The van der Waals surface area contributed by atoms with Crippen LogP contribution >= 0.6 is 0 Å². The highest BCUT2D eigenvalue weighted by molar-refractivity contribution is 5.19. The maximum Gasteiger partial charge on any atom is 0.229 e. The zero-order valence-electron chi connectivity index (χ0n) is 18.9. The lowest BCUT2D eigenvalue weighted by atomic mass is 9.42. The van der Waals surface area contributed by atoms with Gasteiger partial charge in [-0.05, 0) is 73.5 Å². The Labute approximate surface area is 181 Å². The third-order valence-electron chi connectivity index (χ3n) is 10.8. The molecular formula is C25H40O5. The van der Waals surface area contributed by atoms with Gasteiger partial charge in [0.15, 0.2) is 0 Å². The molecule has 0 spiro atoms. The van der Waals surface area contributed by atoms with Gasteiger partial charge in [0.05, 0.1) is 26.4 Å². The van der Waals surface area contributed by atoms with Gasteiger partial charge < -0.3 is 24.1 Å². The molecule has 4 aliphatic carbocycles. The molecule has 0 bridgehead atoms. The van der Waals surface area contributed by atoms with Crippen LogP contribution in [0.5, 0.6) is 0 Å². The first-order valence-electron chi connectivity index (χ1n) is 12.7. The molecule has 2 heterocycles. The number of aliphatic hydroxyl groups excluding tert-OH is 1. The second-order valence-corrected chi connectivity index (χ2v) is 11.7. The fraction of sp³-hybridized carbons (Fsp3) is 1.00. The number of ether oxygens (including phenoxy) is 4. The molecule has 170 valence electrons. The lowest BCUT2D eigenvalue weighted by Crippen LogP contribution is -2.69. The van der Waals surface area contributed by atoms with E-state index in [2.05, 4.69) is 13.8 Å². The summed E-state index contributed by atoms with van der Waals surface area (Å²) in [4.78, 5) is 0. The summed E-state index contributed by atoms with van der Waals surface area (Å²) in [5.74, 6) is 1.87. The van der Waals surface area contributed by atoms with Gasteiger partial charge in [-0.2, -0.15) is 0 Å². The van der Waals surface area contributed by atoms with Crippen molar-refractivity contribution in [3.63, 3.8) is 0 Å². The lowest BCUT2D eigenvalue weighted by Gasteiger charge is -2.63. The van der Waals surface area contributed by atoms with Crippen molar-refractivity contribution in [2.75, 3.05) is 33.0 Å². The van der Waals surface area contributed by atoms with Crippen molar-refractivity contribution in [3.05, 3.63) is 0 Å².